The van der Waals surface area contributed by atoms with E-state index in [4.69, 9.17) is 4.74 Å². The molecule has 1 atom stereocenters. The first-order valence-corrected chi connectivity index (χ1v) is 9.96. The summed E-state index contributed by atoms with van der Waals surface area (Å²) in [7, 11) is 1.79. The highest BCUT2D eigenvalue weighted by Gasteiger charge is 2.42. The Morgan fingerprint density at radius 3 is 2.89 bits per heavy atom. The van der Waals surface area contributed by atoms with Gasteiger partial charge in [-0.05, 0) is 45.6 Å². The number of ether oxygens (including phenoxy) is 1. The van der Waals surface area contributed by atoms with Gasteiger partial charge in [0.1, 0.15) is 0 Å². The number of rotatable bonds is 6. The van der Waals surface area contributed by atoms with Gasteiger partial charge in [-0.1, -0.05) is 11.6 Å². The summed E-state index contributed by atoms with van der Waals surface area (Å²) in [5, 5.41) is 9.79. The largest absolute Gasteiger partial charge is 0.370 e. The van der Waals surface area contributed by atoms with Gasteiger partial charge in [-0.25, -0.2) is 4.79 Å². The maximum Gasteiger partial charge on any atom is 0.317 e. The van der Waals surface area contributed by atoms with E-state index in [1.807, 2.05) is 6.07 Å². The Bertz CT molecular complexity index is 631. The summed E-state index contributed by atoms with van der Waals surface area (Å²) in [6, 6.07) is 1.79. The summed E-state index contributed by atoms with van der Waals surface area (Å²) in [6.45, 7) is 8.62. The number of piperidine rings is 1. The first kappa shape index (κ1) is 19.9. The SMILES string of the molecule is CC(C)=CCN1CCC2(CCC(CNC(=O)N(C)Cc3ccn[nH]3)O2)CC1. The minimum absolute atomic E-state index is 0.0265. The molecule has 7 nitrogen and oxygen atoms in total. The molecule has 2 aliphatic rings. The predicted molar refractivity (Wildman–Crippen MR) is 105 cm³/mol. The third kappa shape index (κ3) is 5.56. The van der Waals surface area contributed by atoms with E-state index in [0.29, 0.717) is 13.1 Å². The standard InChI is InChI=1S/C20H33N5O2/c1-16(2)6-11-25-12-8-20(9-13-25)7-4-18(27-20)14-21-19(26)24(3)15-17-5-10-22-23-17/h5-6,10,18H,4,7-9,11-15H2,1-3H3,(H,21,26)(H,22,23). The zero-order valence-corrected chi connectivity index (χ0v) is 16.8. The summed E-state index contributed by atoms with van der Waals surface area (Å²) in [5.41, 5.74) is 2.32. The van der Waals surface area contributed by atoms with Crippen LogP contribution in [0, 0.1) is 0 Å². The summed E-state index contributed by atoms with van der Waals surface area (Å²) >= 11 is 0. The van der Waals surface area contributed by atoms with Crippen LogP contribution in [-0.2, 0) is 11.3 Å². The predicted octanol–water partition coefficient (Wildman–Crippen LogP) is 2.53. The molecule has 2 fully saturated rings. The molecule has 1 unspecified atom stereocenters. The molecule has 0 saturated carbocycles. The highest BCUT2D eigenvalue weighted by atomic mass is 16.5. The molecular weight excluding hydrogens is 342 g/mol. The molecule has 2 N–H and O–H groups in total. The number of nitrogens with zero attached hydrogens (tertiary/aromatic N) is 3. The number of aromatic amines is 1. The number of carbonyl (C=O) groups excluding carboxylic acids is 1. The van der Waals surface area contributed by atoms with Crippen molar-refractivity contribution in [1.29, 1.82) is 0 Å². The molecule has 7 heteroatoms. The monoisotopic (exact) mass is 375 g/mol. The first-order valence-electron chi connectivity index (χ1n) is 9.96. The Hall–Kier alpha value is -1.86. The molecule has 1 spiro atoms. The van der Waals surface area contributed by atoms with Gasteiger partial charge in [0.25, 0.3) is 0 Å². The Morgan fingerprint density at radius 2 is 2.22 bits per heavy atom. The molecule has 2 amide bonds. The zero-order valence-electron chi connectivity index (χ0n) is 16.8. The van der Waals surface area contributed by atoms with Crippen molar-refractivity contribution in [2.45, 2.75) is 57.8 Å². The number of amides is 2. The van der Waals surface area contributed by atoms with Crippen molar-refractivity contribution >= 4 is 6.03 Å². The third-order valence-corrected chi connectivity index (χ3v) is 5.66. The molecular formula is C20H33N5O2. The van der Waals surface area contributed by atoms with Crippen LogP contribution in [0.1, 0.15) is 45.2 Å². The van der Waals surface area contributed by atoms with Gasteiger partial charge >= 0.3 is 6.03 Å². The number of aromatic nitrogens is 2. The minimum Gasteiger partial charge on any atom is -0.370 e. The number of nitrogens with one attached hydrogen (secondary N) is 2. The molecule has 1 aromatic heterocycles. The highest BCUT2D eigenvalue weighted by molar-refractivity contribution is 5.73. The van der Waals surface area contributed by atoms with Gasteiger partial charge in [-0.2, -0.15) is 5.10 Å². The molecule has 2 aliphatic heterocycles. The van der Waals surface area contributed by atoms with Gasteiger partial charge in [0, 0.05) is 39.4 Å². The third-order valence-electron chi connectivity index (χ3n) is 5.66. The lowest BCUT2D eigenvalue weighted by molar-refractivity contribution is -0.0740. The van der Waals surface area contributed by atoms with Crippen LogP contribution in [0.2, 0.25) is 0 Å². The first-order chi connectivity index (χ1) is 13.0. The molecule has 0 bridgehead atoms. The summed E-state index contributed by atoms with van der Waals surface area (Å²) in [6.07, 6.45) is 8.43. The second-order valence-electron chi connectivity index (χ2n) is 8.17. The Labute approximate surface area is 162 Å². The summed E-state index contributed by atoms with van der Waals surface area (Å²) < 4.78 is 6.41. The van der Waals surface area contributed by atoms with Crippen molar-refractivity contribution in [3.05, 3.63) is 29.6 Å². The van der Waals surface area contributed by atoms with Gasteiger partial charge in [-0.15, -0.1) is 0 Å². The molecule has 3 heterocycles. The summed E-state index contributed by atoms with van der Waals surface area (Å²) in [5.74, 6) is 0. The Kier molecular flexibility index (Phi) is 6.55. The lowest BCUT2D eigenvalue weighted by Gasteiger charge is -2.39. The molecule has 150 valence electrons. The number of carbonyl (C=O) groups is 1. The van der Waals surface area contributed by atoms with Crippen LogP contribution < -0.4 is 5.32 Å². The van der Waals surface area contributed by atoms with Crippen molar-refractivity contribution < 1.29 is 9.53 Å². The molecule has 0 radical (unpaired) electrons. The zero-order chi connectivity index (χ0) is 19.3. The fourth-order valence-electron chi connectivity index (χ4n) is 3.90. The molecule has 3 rings (SSSR count). The van der Waals surface area contributed by atoms with Crippen LogP contribution >= 0.6 is 0 Å². The topological polar surface area (TPSA) is 73.5 Å². The van der Waals surface area contributed by atoms with Gasteiger partial charge in [0.15, 0.2) is 0 Å². The lowest BCUT2D eigenvalue weighted by Crippen LogP contribution is -2.45. The number of likely N-dealkylation sites (tertiary alicyclic amines) is 1. The van der Waals surface area contributed by atoms with Crippen LogP contribution in [0.3, 0.4) is 0 Å². The number of H-pyrrole nitrogens is 1. The number of allylic oxidation sites excluding steroid dienone is 1. The van der Waals surface area contributed by atoms with Crippen LogP contribution in [0.5, 0.6) is 0 Å². The molecule has 0 aromatic carbocycles. The molecule has 2 saturated heterocycles. The average Bonchev–Trinajstić information content (AvgIpc) is 3.29. The normalized spacial score (nSPS) is 22.0. The number of urea groups is 1. The van der Waals surface area contributed by atoms with Crippen molar-refractivity contribution in [2.24, 2.45) is 0 Å². The van der Waals surface area contributed by atoms with Crippen LogP contribution in [0.4, 0.5) is 4.79 Å². The quantitative estimate of drug-likeness (QED) is 0.750. The van der Waals surface area contributed by atoms with E-state index in [1.54, 1.807) is 18.1 Å². The molecule has 27 heavy (non-hydrogen) atoms. The van der Waals surface area contributed by atoms with Crippen molar-refractivity contribution in [1.82, 2.24) is 25.3 Å². The van der Waals surface area contributed by atoms with E-state index in [9.17, 15) is 4.79 Å². The Morgan fingerprint density at radius 1 is 1.44 bits per heavy atom. The van der Waals surface area contributed by atoms with E-state index in [-0.39, 0.29) is 17.7 Å². The van der Waals surface area contributed by atoms with Crippen molar-refractivity contribution in [3.8, 4) is 0 Å². The van der Waals surface area contributed by atoms with Gasteiger partial charge in [-0.3, -0.25) is 10.00 Å². The van der Waals surface area contributed by atoms with Gasteiger partial charge in [0.2, 0.25) is 0 Å². The van der Waals surface area contributed by atoms with E-state index in [1.165, 1.54) is 5.57 Å². The van der Waals surface area contributed by atoms with Crippen molar-refractivity contribution in [2.75, 3.05) is 33.2 Å². The number of hydrogen-bond donors (Lipinski definition) is 2. The average molecular weight is 376 g/mol. The van der Waals surface area contributed by atoms with Crippen LogP contribution in [0.15, 0.2) is 23.9 Å². The summed E-state index contributed by atoms with van der Waals surface area (Å²) in [4.78, 5) is 16.4. The van der Waals surface area contributed by atoms with E-state index in [2.05, 4.69) is 40.3 Å². The Balaban J connectivity index is 1.38. The molecule has 0 aliphatic carbocycles. The van der Waals surface area contributed by atoms with Crippen LogP contribution in [0.25, 0.3) is 0 Å². The minimum atomic E-state index is -0.0781. The maximum atomic E-state index is 12.3. The van der Waals surface area contributed by atoms with Gasteiger partial charge < -0.3 is 15.0 Å². The van der Waals surface area contributed by atoms with E-state index >= 15 is 0 Å². The maximum absolute atomic E-state index is 12.3. The smallest absolute Gasteiger partial charge is 0.317 e. The fourth-order valence-corrected chi connectivity index (χ4v) is 3.90. The number of hydrogen-bond acceptors (Lipinski definition) is 4. The van der Waals surface area contributed by atoms with E-state index < -0.39 is 0 Å². The molecule has 1 aromatic rings. The second-order valence-corrected chi connectivity index (χ2v) is 8.17. The fraction of sp³-hybridized carbons (Fsp3) is 0.700. The van der Waals surface area contributed by atoms with Gasteiger partial charge in [0.05, 0.1) is 23.9 Å². The van der Waals surface area contributed by atoms with E-state index in [0.717, 1.165) is 51.0 Å². The lowest BCUT2D eigenvalue weighted by atomic mass is 9.88. The highest BCUT2D eigenvalue weighted by Crippen LogP contribution is 2.38. The van der Waals surface area contributed by atoms with Crippen LogP contribution in [-0.4, -0.2) is 71.0 Å². The second kappa shape index (κ2) is 8.89. The van der Waals surface area contributed by atoms with Crippen molar-refractivity contribution in [3.63, 3.8) is 0 Å².